The molecule has 0 unspecified atom stereocenters. The Hall–Kier alpha value is -3.91. The van der Waals surface area contributed by atoms with E-state index < -0.39 is 5.91 Å². The molecule has 1 saturated heterocycles. The number of aromatic nitrogens is 4. The van der Waals surface area contributed by atoms with Crippen LogP contribution in [0.3, 0.4) is 0 Å². The van der Waals surface area contributed by atoms with Crippen molar-refractivity contribution in [3.8, 4) is 0 Å². The zero-order valence-corrected chi connectivity index (χ0v) is 26.1. The van der Waals surface area contributed by atoms with E-state index in [-0.39, 0.29) is 30.0 Å². The SMILES string of the molecule is COC[C@H]1OC(c2ccn3c(C(=O)Nc4cc(NC(=O)CN5CCC(C)(C)CC5)cnc4C)nnc3c2)=C[C@@H](OC)[C@@H]1OC. The highest BCUT2D eigenvalue weighted by Gasteiger charge is 2.36. The molecular formula is C31H41N7O6. The van der Waals surface area contributed by atoms with Gasteiger partial charge in [0.25, 0.3) is 5.91 Å². The van der Waals surface area contributed by atoms with Crippen LogP contribution >= 0.6 is 0 Å². The van der Waals surface area contributed by atoms with Crippen molar-refractivity contribution >= 4 is 34.6 Å². The Morgan fingerprint density at radius 1 is 1.09 bits per heavy atom. The third-order valence-electron chi connectivity index (χ3n) is 8.25. The van der Waals surface area contributed by atoms with E-state index in [1.54, 1.807) is 57.2 Å². The average molecular weight is 608 g/mol. The minimum Gasteiger partial charge on any atom is -0.485 e. The van der Waals surface area contributed by atoms with Crippen LogP contribution in [0.2, 0.25) is 0 Å². The average Bonchev–Trinajstić information content (AvgIpc) is 3.43. The molecule has 13 nitrogen and oxygen atoms in total. The number of aryl methyl sites for hydroxylation is 1. The number of hydrogen-bond acceptors (Lipinski definition) is 10. The van der Waals surface area contributed by atoms with Crippen molar-refractivity contribution < 1.29 is 28.5 Å². The van der Waals surface area contributed by atoms with E-state index in [0.717, 1.165) is 31.5 Å². The molecule has 3 aromatic rings. The molecule has 0 spiro atoms. The maximum Gasteiger partial charge on any atom is 0.294 e. The zero-order chi connectivity index (χ0) is 31.4. The van der Waals surface area contributed by atoms with Crippen LogP contribution in [0.5, 0.6) is 0 Å². The summed E-state index contributed by atoms with van der Waals surface area (Å²) in [7, 11) is 4.83. The van der Waals surface area contributed by atoms with Gasteiger partial charge in [-0.25, -0.2) is 0 Å². The summed E-state index contributed by atoms with van der Waals surface area (Å²) in [6.45, 7) is 8.72. The van der Waals surface area contributed by atoms with Crippen LogP contribution in [0.15, 0.2) is 36.7 Å². The molecule has 1 fully saturated rings. The lowest BCUT2D eigenvalue weighted by atomic mass is 9.83. The molecule has 0 aromatic carbocycles. The van der Waals surface area contributed by atoms with Gasteiger partial charge < -0.3 is 29.6 Å². The standard InChI is InChI=1S/C31H41N7O6/c1-19-22(14-21(16-32-19)33-27(39)17-37-11-8-31(2,3)9-12-37)34-30(40)29-36-35-26-13-20(7-10-38(26)29)23-15-24(42-5)28(43-6)25(44-23)18-41-4/h7,10,13-16,24-25,28H,8-9,11-12,17-18H2,1-6H3,(H,33,39)(H,34,40)/t24-,25-,28+/m1/s1. The van der Waals surface area contributed by atoms with E-state index >= 15 is 0 Å². The topological polar surface area (TPSA) is 141 Å². The second-order valence-corrected chi connectivity index (χ2v) is 12.0. The minimum atomic E-state index is -0.467. The summed E-state index contributed by atoms with van der Waals surface area (Å²) in [6.07, 6.45) is 6.22. The summed E-state index contributed by atoms with van der Waals surface area (Å²) in [6, 6.07) is 5.29. The van der Waals surface area contributed by atoms with E-state index in [4.69, 9.17) is 18.9 Å². The molecule has 0 saturated carbocycles. The van der Waals surface area contributed by atoms with Gasteiger partial charge >= 0.3 is 0 Å². The van der Waals surface area contributed by atoms with Crippen LogP contribution in [-0.4, -0.2) is 102 Å². The number of pyridine rings is 2. The van der Waals surface area contributed by atoms with Gasteiger partial charge in [-0.05, 0) is 62.5 Å². The summed E-state index contributed by atoms with van der Waals surface area (Å²) in [5.41, 5.74) is 3.08. The summed E-state index contributed by atoms with van der Waals surface area (Å²) in [4.78, 5) is 32.6. The number of hydrogen-bond donors (Lipinski definition) is 2. The molecule has 0 aliphatic carbocycles. The fraction of sp³-hybridized carbons (Fsp3) is 0.516. The molecular weight excluding hydrogens is 566 g/mol. The van der Waals surface area contributed by atoms with Gasteiger partial charge in [-0.3, -0.25) is 23.9 Å². The molecule has 2 amide bonds. The Kier molecular flexibility index (Phi) is 9.59. The molecule has 5 rings (SSSR count). The lowest BCUT2D eigenvalue weighted by Gasteiger charge is -2.36. The molecule has 0 radical (unpaired) electrons. The first-order chi connectivity index (χ1) is 21.1. The number of likely N-dealkylation sites (tertiary alicyclic amines) is 1. The maximum atomic E-state index is 13.3. The normalized spacial score (nSPS) is 21.9. The number of amides is 2. The number of anilines is 2. The summed E-state index contributed by atoms with van der Waals surface area (Å²) < 4.78 is 24.3. The Balaban J connectivity index is 1.27. The van der Waals surface area contributed by atoms with E-state index in [2.05, 4.69) is 44.6 Å². The molecule has 3 aromatic heterocycles. The van der Waals surface area contributed by atoms with E-state index in [1.807, 2.05) is 12.1 Å². The molecule has 13 heteroatoms. The van der Waals surface area contributed by atoms with E-state index in [0.29, 0.717) is 47.0 Å². The predicted molar refractivity (Wildman–Crippen MR) is 164 cm³/mol. The van der Waals surface area contributed by atoms with Crippen LogP contribution in [0.4, 0.5) is 11.4 Å². The first-order valence-electron chi connectivity index (χ1n) is 14.7. The molecule has 2 aliphatic rings. The predicted octanol–water partition coefficient (Wildman–Crippen LogP) is 3.16. The van der Waals surface area contributed by atoms with Crippen molar-refractivity contribution in [3.05, 3.63) is 53.8 Å². The Morgan fingerprint density at radius 2 is 1.86 bits per heavy atom. The van der Waals surface area contributed by atoms with E-state index in [9.17, 15) is 9.59 Å². The Labute approximate surface area is 256 Å². The van der Waals surface area contributed by atoms with Gasteiger partial charge in [-0.2, -0.15) is 0 Å². The lowest BCUT2D eigenvalue weighted by Crippen LogP contribution is -2.45. The van der Waals surface area contributed by atoms with Gasteiger partial charge in [0.05, 0.1) is 36.4 Å². The van der Waals surface area contributed by atoms with Gasteiger partial charge in [0, 0.05) is 33.1 Å². The van der Waals surface area contributed by atoms with Gasteiger partial charge in [0.1, 0.15) is 18.0 Å². The molecule has 0 bridgehead atoms. The molecule has 3 atom stereocenters. The van der Waals surface area contributed by atoms with Gasteiger partial charge in [-0.15, -0.1) is 10.2 Å². The van der Waals surface area contributed by atoms with Crippen LogP contribution in [0.1, 0.15) is 48.6 Å². The number of carbonyl (C=O) groups excluding carboxylic acids is 2. The minimum absolute atomic E-state index is 0.0958. The second-order valence-electron chi connectivity index (χ2n) is 12.0. The summed E-state index contributed by atoms with van der Waals surface area (Å²) in [5, 5.41) is 14.1. The monoisotopic (exact) mass is 607 g/mol. The van der Waals surface area contributed by atoms with Crippen molar-refractivity contribution in [1.82, 2.24) is 24.5 Å². The first kappa shape index (κ1) is 31.5. The number of piperidine rings is 1. The number of nitrogens with one attached hydrogen (secondary N) is 2. The van der Waals surface area contributed by atoms with Crippen molar-refractivity contribution in [2.75, 3.05) is 58.2 Å². The van der Waals surface area contributed by atoms with Gasteiger partial charge in [0.15, 0.2) is 11.8 Å². The van der Waals surface area contributed by atoms with Gasteiger partial charge in [0.2, 0.25) is 11.7 Å². The number of ether oxygens (including phenoxy) is 4. The Morgan fingerprint density at radius 3 is 2.57 bits per heavy atom. The fourth-order valence-electron chi connectivity index (χ4n) is 5.50. The largest absolute Gasteiger partial charge is 0.485 e. The highest BCUT2D eigenvalue weighted by atomic mass is 16.6. The molecule has 44 heavy (non-hydrogen) atoms. The van der Waals surface area contributed by atoms with Crippen molar-refractivity contribution in [2.45, 2.75) is 51.9 Å². The highest BCUT2D eigenvalue weighted by Crippen LogP contribution is 2.31. The number of nitrogens with zero attached hydrogens (tertiary/aromatic N) is 5. The fourth-order valence-corrected chi connectivity index (χ4v) is 5.50. The number of methoxy groups -OCH3 is 3. The molecule has 2 aliphatic heterocycles. The number of carbonyl (C=O) groups is 2. The van der Waals surface area contributed by atoms with Crippen LogP contribution in [0.25, 0.3) is 11.4 Å². The Bertz CT molecular complexity index is 1530. The molecule has 2 N–H and O–H groups in total. The van der Waals surface area contributed by atoms with Crippen molar-refractivity contribution in [2.24, 2.45) is 5.41 Å². The third-order valence-corrected chi connectivity index (χ3v) is 8.25. The smallest absolute Gasteiger partial charge is 0.294 e. The van der Waals surface area contributed by atoms with Crippen molar-refractivity contribution in [1.29, 1.82) is 0 Å². The lowest BCUT2D eigenvalue weighted by molar-refractivity contribution is -0.117. The second kappa shape index (κ2) is 13.4. The summed E-state index contributed by atoms with van der Waals surface area (Å²) >= 11 is 0. The first-order valence-corrected chi connectivity index (χ1v) is 14.7. The van der Waals surface area contributed by atoms with Crippen LogP contribution in [-0.2, 0) is 23.7 Å². The molecule has 5 heterocycles. The third kappa shape index (κ3) is 7.07. The zero-order valence-electron chi connectivity index (χ0n) is 26.1. The highest BCUT2D eigenvalue weighted by molar-refractivity contribution is 6.03. The summed E-state index contributed by atoms with van der Waals surface area (Å²) in [5.74, 6) is 0.101. The van der Waals surface area contributed by atoms with Crippen molar-refractivity contribution in [3.63, 3.8) is 0 Å². The molecule has 236 valence electrons. The number of rotatable bonds is 10. The maximum absolute atomic E-state index is 13.3. The van der Waals surface area contributed by atoms with Gasteiger partial charge in [-0.1, -0.05) is 13.8 Å². The van der Waals surface area contributed by atoms with Crippen LogP contribution < -0.4 is 10.6 Å². The quantitative estimate of drug-likeness (QED) is 0.353. The van der Waals surface area contributed by atoms with Crippen LogP contribution in [0, 0.1) is 12.3 Å². The number of fused-ring (bicyclic) bond motifs is 1. The van der Waals surface area contributed by atoms with E-state index in [1.165, 1.54) is 0 Å².